The van der Waals surface area contributed by atoms with Gasteiger partial charge in [0.1, 0.15) is 0 Å². The largest absolute Gasteiger partial charge is 0.384 e. The summed E-state index contributed by atoms with van der Waals surface area (Å²) in [5.41, 5.74) is 2.64. The van der Waals surface area contributed by atoms with E-state index in [1.807, 2.05) is 18.5 Å². The van der Waals surface area contributed by atoms with Crippen LogP contribution in [0.5, 0.6) is 0 Å². The van der Waals surface area contributed by atoms with Crippen molar-refractivity contribution in [2.75, 3.05) is 40.5 Å². The highest BCUT2D eigenvalue weighted by molar-refractivity contribution is 5.83. The quantitative estimate of drug-likeness (QED) is 0.723. The molecule has 2 rings (SSSR count). The summed E-state index contributed by atoms with van der Waals surface area (Å²) >= 11 is 0. The number of nitrogens with one attached hydrogen (secondary N) is 2. The zero-order valence-corrected chi connectivity index (χ0v) is 14.6. The molecule has 130 valence electrons. The Balaban J connectivity index is 2.02. The minimum Gasteiger partial charge on any atom is -0.384 e. The maximum atomic E-state index is 12.7. The monoisotopic (exact) mass is 324 g/mol. The number of carbonyl (C=O) groups excluding carboxylic acids is 1. The van der Waals surface area contributed by atoms with Gasteiger partial charge in [0.25, 0.3) is 0 Å². The number of methoxy groups -OCH3 is 2. The first-order chi connectivity index (χ1) is 11.0. The van der Waals surface area contributed by atoms with Crippen molar-refractivity contribution in [1.82, 2.24) is 20.4 Å². The maximum absolute atomic E-state index is 12.7. The molecule has 2 heterocycles. The van der Waals surface area contributed by atoms with Gasteiger partial charge in [-0.1, -0.05) is 0 Å². The lowest BCUT2D eigenvalue weighted by molar-refractivity contribution is -0.133. The molecular formula is C16H28N4O3. The summed E-state index contributed by atoms with van der Waals surface area (Å²) in [6.07, 6.45) is 0.803. The predicted octanol–water partition coefficient (Wildman–Crippen LogP) is 0.389. The molecule has 1 saturated heterocycles. The summed E-state index contributed by atoms with van der Waals surface area (Å²) in [6, 6.07) is 0. The van der Waals surface area contributed by atoms with Crippen LogP contribution in [0.3, 0.4) is 0 Å². The van der Waals surface area contributed by atoms with Crippen LogP contribution in [0.15, 0.2) is 0 Å². The third-order valence-electron chi connectivity index (χ3n) is 4.61. The highest BCUT2D eigenvalue weighted by Gasteiger charge is 2.41. The van der Waals surface area contributed by atoms with Crippen molar-refractivity contribution in [3.05, 3.63) is 17.0 Å². The van der Waals surface area contributed by atoms with Gasteiger partial charge in [-0.3, -0.25) is 9.48 Å². The molecule has 2 N–H and O–H groups in total. The fourth-order valence-corrected chi connectivity index (χ4v) is 3.14. The van der Waals surface area contributed by atoms with Crippen molar-refractivity contribution in [3.8, 4) is 0 Å². The molecule has 0 radical (unpaired) electrons. The van der Waals surface area contributed by atoms with Crippen molar-refractivity contribution < 1.29 is 14.3 Å². The Morgan fingerprint density at radius 3 is 2.78 bits per heavy atom. The average Bonchev–Trinajstić information content (AvgIpc) is 3.10. The fraction of sp³-hybridized carbons (Fsp3) is 0.750. The van der Waals surface area contributed by atoms with Crippen LogP contribution in [0.4, 0.5) is 0 Å². The molecule has 1 fully saturated rings. The minimum atomic E-state index is -0.456. The summed E-state index contributed by atoms with van der Waals surface area (Å²) in [4.78, 5) is 12.7. The van der Waals surface area contributed by atoms with Crippen molar-refractivity contribution in [2.24, 2.45) is 5.41 Å². The summed E-state index contributed by atoms with van der Waals surface area (Å²) in [6.45, 7) is 7.79. The molecule has 0 aliphatic carbocycles. The second-order valence-electron chi connectivity index (χ2n) is 6.19. The number of rotatable bonds is 8. The van der Waals surface area contributed by atoms with Gasteiger partial charge in [0.15, 0.2) is 0 Å². The molecule has 7 nitrogen and oxygen atoms in total. The van der Waals surface area contributed by atoms with Crippen LogP contribution >= 0.6 is 0 Å². The number of ether oxygens (including phenoxy) is 2. The number of hydrogen-bond donors (Lipinski definition) is 2. The van der Waals surface area contributed by atoms with E-state index >= 15 is 0 Å². The first-order valence-electron chi connectivity index (χ1n) is 8.04. The van der Waals surface area contributed by atoms with Crippen LogP contribution in [-0.4, -0.2) is 56.2 Å². The molecule has 7 heteroatoms. The zero-order valence-electron chi connectivity index (χ0n) is 14.6. The molecule has 1 aromatic rings. The minimum absolute atomic E-state index is 0.0489. The van der Waals surface area contributed by atoms with E-state index in [1.165, 1.54) is 0 Å². The fourth-order valence-electron chi connectivity index (χ4n) is 3.14. The number of aryl methyl sites for hydroxylation is 1. The van der Waals surface area contributed by atoms with E-state index in [9.17, 15) is 4.79 Å². The van der Waals surface area contributed by atoms with Gasteiger partial charge in [0, 0.05) is 38.6 Å². The lowest BCUT2D eigenvalue weighted by atomic mass is 9.87. The smallest absolute Gasteiger partial charge is 0.230 e. The number of aromatic nitrogens is 2. The SMILES string of the molecule is COCCn1nc(C)c(CNC(=O)C2(COC)CCNC2)c1C. The molecular weight excluding hydrogens is 296 g/mol. The molecule has 0 aromatic carbocycles. The lowest BCUT2D eigenvalue weighted by Gasteiger charge is -2.26. The lowest BCUT2D eigenvalue weighted by Crippen LogP contribution is -2.45. The number of amides is 1. The van der Waals surface area contributed by atoms with Gasteiger partial charge in [0.2, 0.25) is 5.91 Å². The van der Waals surface area contributed by atoms with E-state index < -0.39 is 5.41 Å². The van der Waals surface area contributed by atoms with Gasteiger partial charge in [-0.2, -0.15) is 5.10 Å². The summed E-state index contributed by atoms with van der Waals surface area (Å²) in [7, 11) is 3.32. The molecule has 1 unspecified atom stereocenters. The van der Waals surface area contributed by atoms with Crippen molar-refractivity contribution in [1.29, 1.82) is 0 Å². The normalized spacial score (nSPS) is 20.9. The molecule has 0 bridgehead atoms. The number of hydrogen-bond acceptors (Lipinski definition) is 5. The van der Waals surface area contributed by atoms with Gasteiger partial charge in [-0.15, -0.1) is 0 Å². The highest BCUT2D eigenvalue weighted by atomic mass is 16.5. The van der Waals surface area contributed by atoms with Crippen LogP contribution in [0.25, 0.3) is 0 Å². The number of carbonyl (C=O) groups is 1. The summed E-state index contributed by atoms with van der Waals surface area (Å²) in [5, 5.41) is 10.9. The van der Waals surface area contributed by atoms with E-state index in [0.29, 0.717) is 32.8 Å². The van der Waals surface area contributed by atoms with Crippen LogP contribution in [0, 0.1) is 19.3 Å². The maximum Gasteiger partial charge on any atom is 0.230 e. The molecule has 1 amide bonds. The summed E-state index contributed by atoms with van der Waals surface area (Å²) < 4.78 is 12.3. The van der Waals surface area contributed by atoms with Gasteiger partial charge in [-0.25, -0.2) is 0 Å². The van der Waals surface area contributed by atoms with Crippen LogP contribution < -0.4 is 10.6 Å². The highest BCUT2D eigenvalue weighted by Crippen LogP contribution is 2.26. The van der Waals surface area contributed by atoms with Gasteiger partial charge in [0.05, 0.1) is 30.9 Å². The van der Waals surface area contributed by atoms with Crippen molar-refractivity contribution in [2.45, 2.75) is 33.4 Å². The van der Waals surface area contributed by atoms with Crippen LogP contribution in [0.2, 0.25) is 0 Å². The Morgan fingerprint density at radius 2 is 2.17 bits per heavy atom. The first-order valence-corrected chi connectivity index (χ1v) is 8.04. The third-order valence-corrected chi connectivity index (χ3v) is 4.61. The molecule has 0 spiro atoms. The van der Waals surface area contributed by atoms with Crippen LogP contribution in [0.1, 0.15) is 23.4 Å². The average molecular weight is 324 g/mol. The molecule has 23 heavy (non-hydrogen) atoms. The van der Waals surface area contributed by atoms with E-state index in [-0.39, 0.29) is 5.91 Å². The summed E-state index contributed by atoms with van der Waals surface area (Å²) in [5.74, 6) is 0.0489. The second-order valence-corrected chi connectivity index (χ2v) is 6.19. The van der Waals surface area contributed by atoms with Gasteiger partial charge >= 0.3 is 0 Å². The Bertz CT molecular complexity index is 536. The van der Waals surface area contributed by atoms with E-state index in [4.69, 9.17) is 9.47 Å². The van der Waals surface area contributed by atoms with Gasteiger partial charge in [-0.05, 0) is 26.8 Å². The molecule has 1 aliphatic heterocycles. The Labute approximate surface area is 137 Å². The standard InChI is InChI=1S/C16H28N4O3/c1-12-14(13(2)20(19-12)7-8-22-3)9-18-15(21)16(11-23-4)5-6-17-10-16/h17H,5-11H2,1-4H3,(H,18,21). The predicted molar refractivity (Wildman–Crippen MR) is 87.2 cm³/mol. The van der Waals surface area contributed by atoms with Crippen molar-refractivity contribution in [3.63, 3.8) is 0 Å². The number of nitrogens with zero attached hydrogens (tertiary/aromatic N) is 2. The molecule has 0 saturated carbocycles. The molecule has 1 aromatic heterocycles. The molecule has 1 atom stereocenters. The Hall–Kier alpha value is -1.44. The van der Waals surface area contributed by atoms with E-state index in [0.717, 1.165) is 29.9 Å². The van der Waals surface area contributed by atoms with E-state index in [1.54, 1.807) is 14.2 Å². The molecule has 1 aliphatic rings. The zero-order chi connectivity index (χ0) is 16.9. The van der Waals surface area contributed by atoms with E-state index in [2.05, 4.69) is 15.7 Å². The van der Waals surface area contributed by atoms with Crippen LogP contribution in [-0.2, 0) is 27.4 Å². The first kappa shape index (κ1) is 17.9. The topological polar surface area (TPSA) is 77.4 Å². The third kappa shape index (κ3) is 3.91. The Morgan fingerprint density at radius 1 is 1.39 bits per heavy atom. The van der Waals surface area contributed by atoms with Gasteiger partial charge < -0.3 is 20.1 Å². The van der Waals surface area contributed by atoms with Crippen molar-refractivity contribution >= 4 is 5.91 Å². The second kappa shape index (κ2) is 7.90. The Kier molecular flexibility index (Phi) is 6.15.